The van der Waals surface area contributed by atoms with Crippen LogP contribution in [0.25, 0.3) is 10.9 Å². The number of aromatic amines is 2. The van der Waals surface area contributed by atoms with Gasteiger partial charge in [-0.3, -0.25) is 19.5 Å². The van der Waals surface area contributed by atoms with Gasteiger partial charge in [0, 0.05) is 48.0 Å². The topological polar surface area (TPSA) is 128 Å². The molecular weight excluding hydrogens is 657 g/mol. The second-order valence-corrected chi connectivity index (χ2v) is 11.9. The zero-order valence-corrected chi connectivity index (χ0v) is 26.3. The lowest BCUT2D eigenvalue weighted by Crippen LogP contribution is -2.56. The van der Waals surface area contributed by atoms with E-state index in [1.165, 1.54) is 19.2 Å². The highest BCUT2D eigenvalue weighted by atomic mass is 35.5. The van der Waals surface area contributed by atoms with E-state index in [2.05, 4.69) is 20.5 Å². The van der Waals surface area contributed by atoms with E-state index in [4.69, 9.17) is 27.9 Å². The molecule has 0 saturated carbocycles. The van der Waals surface area contributed by atoms with Gasteiger partial charge >= 0.3 is 11.9 Å². The van der Waals surface area contributed by atoms with Gasteiger partial charge in [0.1, 0.15) is 23.6 Å². The van der Waals surface area contributed by atoms with Crippen molar-refractivity contribution < 1.29 is 27.1 Å². The van der Waals surface area contributed by atoms with E-state index in [0.29, 0.717) is 27.5 Å². The minimum Gasteiger partial charge on any atom is -0.492 e. The van der Waals surface area contributed by atoms with Crippen molar-refractivity contribution in [2.45, 2.75) is 51.7 Å². The van der Waals surface area contributed by atoms with Gasteiger partial charge in [0.05, 0.1) is 24.6 Å². The molecule has 1 saturated heterocycles. The maximum atomic E-state index is 16.0. The second-order valence-electron chi connectivity index (χ2n) is 11.1. The number of fused-ring (bicyclic) bond motifs is 1. The van der Waals surface area contributed by atoms with Crippen LogP contribution in [0.1, 0.15) is 35.6 Å². The van der Waals surface area contributed by atoms with E-state index in [-0.39, 0.29) is 53.7 Å². The van der Waals surface area contributed by atoms with Crippen molar-refractivity contribution in [3.8, 4) is 5.75 Å². The van der Waals surface area contributed by atoms with Crippen molar-refractivity contribution in [3.63, 3.8) is 0 Å². The van der Waals surface area contributed by atoms with Gasteiger partial charge in [-0.25, -0.2) is 14.3 Å². The lowest BCUT2D eigenvalue weighted by molar-refractivity contribution is -0.140. The number of nitrogens with one attached hydrogen (secondary N) is 3. The number of carbonyl (C=O) groups excluding carboxylic acids is 1. The fourth-order valence-electron chi connectivity index (χ4n) is 5.80. The minimum atomic E-state index is -4.77. The Hall–Kier alpha value is -4.08. The van der Waals surface area contributed by atoms with E-state index in [9.17, 15) is 27.6 Å². The number of H-pyrrole nitrogens is 2. The Kier molecular flexibility index (Phi) is 9.38. The summed E-state index contributed by atoms with van der Waals surface area (Å²) >= 11 is 12.1. The number of aromatic nitrogens is 4. The molecule has 1 amide bonds. The minimum absolute atomic E-state index is 0.119. The Labute approximate surface area is 269 Å². The smallest absolute Gasteiger partial charge is 0.406 e. The van der Waals surface area contributed by atoms with Gasteiger partial charge in [-0.2, -0.15) is 18.3 Å². The third-order valence-electron chi connectivity index (χ3n) is 7.80. The predicted molar refractivity (Wildman–Crippen MR) is 164 cm³/mol. The number of halogens is 6. The zero-order valence-electron chi connectivity index (χ0n) is 24.8. The summed E-state index contributed by atoms with van der Waals surface area (Å²) in [4.78, 5) is 44.4. The molecule has 11 nitrogen and oxygen atoms in total. The summed E-state index contributed by atoms with van der Waals surface area (Å²) in [5.74, 6) is -1.75. The third-order valence-corrected chi connectivity index (χ3v) is 8.38. The highest BCUT2D eigenvalue weighted by Crippen LogP contribution is 2.40. The Morgan fingerprint density at radius 1 is 1.15 bits per heavy atom. The number of methoxy groups -OCH3 is 1. The molecule has 3 heterocycles. The number of amides is 1. The average Bonchev–Trinajstić information content (AvgIpc) is 3.38. The zero-order chi connectivity index (χ0) is 33.5. The molecule has 246 valence electrons. The lowest BCUT2D eigenvalue weighted by Gasteiger charge is -2.45. The van der Waals surface area contributed by atoms with Gasteiger partial charge in [0.25, 0.3) is 5.91 Å². The number of carbonyl (C=O) groups is 1. The molecule has 0 bridgehead atoms. The van der Waals surface area contributed by atoms with Crippen molar-refractivity contribution in [2.24, 2.45) is 0 Å². The Morgan fingerprint density at radius 2 is 1.85 bits per heavy atom. The molecule has 0 spiro atoms. The summed E-state index contributed by atoms with van der Waals surface area (Å²) in [6.07, 6.45) is -3.97. The number of alkyl halides is 3. The number of anilines is 1. The largest absolute Gasteiger partial charge is 0.492 e. The van der Waals surface area contributed by atoms with Crippen molar-refractivity contribution in [1.82, 2.24) is 30.0 Å². The number of nitrogens with zero attached hydrogens (tertiary/aromatic N) is 4. The van der Waals surface area contributed by atoms with Gasteiger partial charge in [-0.1, -0.05) is 29.3 Å². The number of pyridine rings is 1. The van der Waals surface area contributed by atoms with Crippen LogP contribution in [0.15, 0.2) is 40.1 Å². The molecular formula is C29H29Cl2F4N7O4. The lowest BCUT2D eigenvalue weighted by atomic mass is 10.0. The van der Waals surface area contributed by atoms with Crippen molar-refractivity contribution in [3.05, 3.63) is 84.0 Å². The van der Waals surface area contributed by atoms with E-state index in [1.807, 2.05) is 18.7 Å². The average molecular weight is 686 g/mol. The first-order chi connectivity index (χ1) is 21.7. The van der Waals surface area contributed by atoms with E-state index < -0.39 is 46.5 Å². The molecule has 17 heteroatoms. The number of ether oxygens (including phenoxy) is 1. The van der Waals surface area contributed by atoms with Crippen molar-refractivity contribution in [1.29, 1.82) is 0 Å². The Balaban J connectivity index is 1.54. The number of piperazine rings is 1. The number of hydrogen-bond acceptors (Lipinski definition) is 7. The Bertz CT molecular complexity index is 1900. The number of benzene rings is 2. The molecule has 1 aliphatic heterocycles. The molecule has 0 aliphatic carbocycles. The second kappa shape index (κ2) is 13.0. The van der Waals surface area contributed by atoms with Crippen LogP contribution in [0.2, 0.25) is 10.0 Å². The molecule has 3 N–H and O–H groups in total. The van der Waals surface area contributed by atoms with Crippen LogP contribution in [0, 0.1) is 5.82 Å². The van der Waals surface area contributed by atoms with Crippen molar-refractivity contribution in [2.75, 3.05) is 25.1 Å². The first kappa shape index (κ1) is 33.3. The van der Waals surface area contributed by atoms with E-state index >= 15 is 4.39 Å². The molecule has 5 rings (SSSR count). The summed E-state index contributed by atoms with van der Waals surface area (Å²) in [7, 11) is 1.17. The van der Waals surface area contributed by atoms with E-state index in [1.54, 1.807) is 11.0 Å². The van der Waals surface area contributed by atoms with Crippen LogP contribution in [-0.4, -0.2) is 69.0 Å². The number of rotatable bonds is 8. The normalized spacial score (nSPS) is 17.5. The first-order valence-corrected chi connectivity index (χ1v) is 14.8. The van der Waals surface area contributed by atoms with Crippen LogP contribution in [0.5, 0.6) is 5.75 Å². The van der Waals surface area contributed by atoms with Gasteiger partial charge in [-0.15, -0.1) is 0 Å². The molecule has 2 aromatic heterocycles. The summed E-state index contributed by atoms with van der Waals surface area (Å²) < 4.78 is 63.8. The summed E-state index contributed by atoms with van der Waals surface area (Å²) in [5, 5.41) is 8.87. The highest BCUT2D eigenvalue weighted by molar-refractivity contribution is 6.35. The fraction of sp³-hybridized carbons (Fsp3) is 0.379. The molecule has 1 aliphatic rings. The van der Waals surface area contributed by atoms with Crippen LogP contribution in [0.3, 0.4) is 0 Å². The maximum Gasteiger partial charge on any atom is 0.406 e. The molecule has 2 unspecified atom stereocenters. The van der Waals surface area contributed by atoms with Crippen LogP contribution < -0.4 is 26.1 Å². The number of hydrogen-bond donors (Lipinski definition) is 3. The van der Waals surface area contributed by atoms with Gasteiger partial charge < -0.3 is 19.5 Å². The van der Waals surface area contributed by atoms with Crippen LogP contribution in [-0.2, 0) is 19.6 Å². The highest BCUT2D eigenvalue weighted by Gasteiger charge is 2.36. The van der Waals surface area contributed by atoms with Crippen molar-refractivity contribution >= 4 is 45.7 Å². The third kappa shape index (κ3) is 6.86. The molecule has 4 aromatic rings. The quantitative estimate of drug-likeness (QED) is 0.234. The maximum absolute atomic E-state index is 16.0. The molecule has 0 radical (unpaired) electrons. The predicted octanol–water partition coefficient (Wildman–Crippen LogP) is 4.46. The Morgan fingerprint density at radius 3 is 2.43 bits per heavy atom. The standard InChI is InChI=1S/C29H29Cl2F4N7O4/c1-14-9-40(10-15(2)42(14)12-22-37-28(45)39-38-22)24-21(32)7-18-23(26(24)46-3)41(13-29(33,34)35)11-19(25(18)43)27(44)36-8-16-4-5-17(30)6-20(16)31/h4-7,11,14-15H,8-10,12-13H2,1-3H3,(H,36,44)(H2,37,38,39,45). The van der Waals surface area contributed by atoms with Gasteiger partial charge in [0.15, 0.2) is 11.6 Å². The van der Waals surface area contributed by atoms with Gasteiger partial charge in [-0.05, 0) is 37.6 Å². The van der Waals surface area contributed by atoms with Crippen LogP contribution >= 0.6 is 23.2 Å². The monoisotopic (exact) mass is 685 g/mol. The van der Waals surface area contributed by atoms with Crippen LogP contribution in [0.4, 0.5) is 23.2 Å². The summed E-state index contributed by atoms with van der Waals surface area (Å²) in [6, 6.07) is 4.94. The summed E-state index contributed by atoms with van der Waals surface area (Å²) in [5.41, 5.74) is -2.02. The molecule has 2 aromatic carbocycles. The molecule has 2 atom stereocenters. The van der Waals surface area contributed by atoms with Gasteiger partial charge in [0.2, 0.25) is 5.43 Å². The molecule has 46 heavy (non-hydrogen) atoms. The SMILES string of the molecule is COc1c(N2CC(C)N(Cc3n[nH]c(=O)[nH]3)C(C)C2)c(F)cc2c(=O)c(C(=O)NCc3ccc(Cl)cc3Cl)cn(CC(F)(F)F)c12. The molecule has 1 fully saturated rings. The van der Waals surface area contributed by atoms with E-state index in [0.717, 1.165) is 12.3 Å². The fourth-order valence-corrected chi connectivity index (χ4v) is 6.27. The summed E-state index contributed by atoms with van der Waals surface area (Å²) in [6.45, 7) is 2.77. The first-order valence-electron chi connectivity index (χ1n) is 14.0.